The zero-order valence-electron chi connectivity index (χ0n) is 10.1. The topological polar surface area (TPSA) is 57.9 Å². The Morgan fingerprint density at radius 3 is 2.29 bits per heavy atom. The number of sulfone groups is 1. The Morgan fingerprint density at radius 1 is 1.24 bits per heavy atom. The van der Waals surface area contributed by atoms with E-state index in [4.69, 9.17) is 5.26 Å². The van der Waals surface area contributed by atoms with E-state index < -0.39 is 15.1 Å². The molecule has 0 saturated heterocycles. The second kappa shape index (κ2) is 5.83. The zero-order chi connectivity index (χ0) is 12.9. The van der Waals surface area contributed by atoms with Gasteiger partial charge in [0.05, 0.1) is 23.5 Å². The van der Waals surface area contributed by atoms with Crippen molar-refractivity contribution in [3.63, 3.8) is 0 Å². The summed E-state index contributed by atoms with van der Waals surface area (Å²) in [5.41, 5.74) is 0.703. The van der Waals surface area contributed by atoms with Crippen LogP contribution in [0.3, 0.4) is 0 Å². The number of nitrogens with zero attached hydrogens (tertiary/aromatic N) is 1. The van der Waals surface area contributed by atoms with E-state index in [9.17, 15) is 8.42 Å². The first-order valence-electron chi connectivity index (χ1n) is 5.61. The highest BCUT2D eigenvalue weighted by Crippen LogP contribution is 2.27. The summed E-state index contributed by atoms with van der Waals surface area (Å²) in [7, 11) is -3.26. The fraction of sp³-hybridized carbons (Fsp3) is 0.462. The molecule has 0 amide bonds. The smallest absolute Gasteiger partial charge is 0.158 e. The van der Waals surface area contributed by atoms with Crippen LogP contribution in [-0.2, 0) is 9.84 Å². The van der Waals surface area contributed by atoms with Gasteiger partial charge in [-0.15, -0.1) is 0 Å². The Balaban J connectivity index is 3.07. The van der Waals surface area contributed by atoms with Crippen molar-refractivity contribution in [2.45, 2.75) is 25.5 Å². The quantitative estimate of drug-likeness (QED) is 0.808. The lowest BCUT2D eigenvalue weighted by atomic mass is 10.1. The molecule has 1 rings (SSSR count). The van der Waals surface area contributed by atoms with Crippen LogP contribution in [0.15, 0.2) is 30.3 Å². The van der Waals surface area contributed by atoms with Crippen LogP contribution in [-0.4, -0.2) is 14.2 Å². The van der Waals surface area contributed by atoms with Gasteiger partial charge >= 0.3 is 0 Å². The van der Waals surface area contributed by atoms with Gasteiger partial charge in [0, 0.05) is 0 Å². The molecule has 0 radical (unpaired) electrons. The third-order valence-electron chi connectivity index (χ3n) is 2.45. The summed E-state index contributed by atoms with van der Waals surface area (Å²) in [5.74, 6) is 0.193. The first kappa shape index (κ1) is 13.7. The molecule has 1 atom stereocenters. The van der Waals surface area contributed by atoms with Crippen LogP contribution in [0.4, 0.5) is 0 Å². The fourth-order valence-corrected chi connectivity index (χ4v) is 3.85. The molecule has 0 spiro atoms. The average Bonchev–Trinajstić information content (AvgIpc) is 2.25. The molecule has 0 heterocycles. The maximum atomic E-state index is 12.2. The Labute approximate surface area is 103 Å². The summed E-state index contributed by atoms with van der Waals surface area (Å²) in [6, 6.07) is 10.9. The number of benzene rings is 1. The van der Waals surface area contributed by atoms with Crippen LogP contribution in [0.25, 0.3) is 0 Å². The van der Waals surface area contributed by atoms with Gasteiger partial charge in [0.1, 0.15) is 0 Å². The maximum absolute atomic E-state index is 12.2. The van der Waals surface area contributed by atoms with Crippen LogP contribution < -0.4 is 0 Å². The number of hydrogen-bond acceptors (Lipinski definition) is 3. The molecule has 1 aromatic carbocycles. The summed E-state index contributed by atoms with van der Waals surface area (Å²) >= 11 is 0. The fourth-order valence-electron chi connectivity index (χ4n) is 1.78. The standard InChI is InChI=1S/C13H17NO2S/c1-11(2)10-17(15,16)13(8-9-14)12-6-4-3-5-7-12/h3-7,11,13H,8,10H2,1-2H3. The van der Waals surface area contributed by atoms with Crippen LogP contribution in [0.1, 0.15) is 31.1 Å². The normalized spacial score (nSPS) is 13.3. The van der Waals surface area contributed by atoms with E-state index in [0.717, 1.165) is 0 Å². The van der Waals surface area contributed by atoms with Gasteiger partial charge in [-0.25, -0.2) is 8.42 Å². The highest BCUT2D eigenvalue weighted by Gasteiger charge is 2.27. The minimum atomic E-state index is -3.26. The predicted molar refractivity (Wildman–Crippen MR) is 68.0 cm³/mol. The predicted octanol–water partition coefficient (Wildman–Crippen LogP) is 2.71. The molecule has 0 saturated carbocycles. The molecule has 0 bridgehead atoms. The summed E-state index contributed by atoms with van der Waals surface area (Å²) in [4.78, 5) is 0. The minimum absolute atomic E-state index is 0.0130. The van der Waals surface area contributed by atoms with Crippen molar-refractivity contribution in [2.24, 2.45) is 5.92 Å². The van der Waals surface area contributed by atoms with Crippen molar-refractivity contribution in [1.82, 2.24) is 0 Å². The molecule has 0 aliphatic rings. The molecule has 0 aliphatic heterocycles. The molecule has 0 fully saturated rings. The Bertz CT molecular complexity index is 486. The van der Waals surface area contributed by atoms with Crippen LogP contribution in [0.2, 0.25) is 0 Å². The van der Waals surface area contributed by atoms with Gasteiger partial charge in [0.25, 0.3) is 0 Å². The SMILES string of the molecule is CC(C)CS(=O)(=O)C(CC#N)c1ccccc1. The van der Waals surface area contributed by atoms with Crippen molar-refractivity contribution in [3.05, 3.63) is 35.9 Å². The van der Waals surface area contributed by atoms with E-state index in [2.05, 4.69) is 0 Å². The zero-order valence-corrected chi connectivity index (χ0v) is 10.9. The third kappa shape index (κ3) is 3.86. The monoisotopic (exact) mass is 251 g/mol. The first-order valence-corrected chi connectivity index (χ1v) is 7.32. The second-order valence-corrected chi connectivity index (χ2v) is 6.71. The largest absolute Gasteiger partial charge is 0.228 e. The Kier molecular flexibility index (Phi) is 4.71. The Hall–Kier alpha value is -1.34. The molecule has 0 aromatic heterocycles. The molecular weight excluding hydrogens is 234 g/mol. The summed E-state index contributed by atoms with van der Waals surface area (Å²) in [5, 5.41) is 8.08. The molecule has 17 heavy (non-hydrogen) atoms. The molecule has 1 unspecified atom stereocenters. The average molecular weight is 251 g/mol. The van der Waals surface area contributed by atoms with E-state index in [0.29, 0.717) is 5.56 Å². The maximum Gasteiger partial charge on any atom is 0.158 e. The van der Waals surface area contributed by atoms with Gasteiger partial charge in [-0.2, -0.15) is 5.26 Å². The van der Waals surface area contributed by atoms with Crippen molar-refractivity contribution < 1.29 is 8.42 Å². The molecule has 0 aliphatic carbocycles. The van der Waals surface area contributed by atoms with E-state index in [1.807, 2.05) is 26.0 Å². The van der Waals surface area contributed by atoms with Crippen LogP contribution in [0, 0.1) is 17.2 Å². The molecule has 92 valence electrons. The number of rotatable bonds is 5. The summed E-state index contributed by atoms with van der Waals surface area (Å²) in [6.07, 6.45) is 0.0130. The Morgan fingerprint density at radius 2 is 1.82 bits per heavy atom. The molecule has 4 heteroatoms. The van der Waals surface area contributed by atoms with E-state index in [1.165, 1.54) is 0 Å². The highest BCUT2D eigenvalue weighted by atomic mass is 32.2. The van der Waals surface area contributed by atoms with Gasteiger partial charge < -0.3 is 0 Å². The van der Waals surface area contributed by atoms with Crippen molar-refractivity contribution in [1.29, 1.82) is 5.26 Å². The second-order valence-electron chi connectivity index (χ2n) is 4.48. The summed E-state index contributed by atoms with van der Waals surface area (Å²) in [6.45, 7) is 3.73. The van der Waals surface area contributed by atoms with Gasteiger partial charge in [-0.3, -0.25) is 0 Å². The minimum Gasteiger partial charge on any atom is -0.228 e. The molecular formula is C13H17NO2S. The number of nitriles is 1. The van der Waals surface area contributed by atoms with Gasteiger partial charge in [-0.05, 0) is 11.5 Å². The van der Waals surface area contributed by atoms with E-state index in [-0.39, 0.29) is 18.1 Å². The lowest BCUT2D eigenvalue weighted by molar-refractivity contribution is 0.569. The third-order valence-corrected chi connectivity index (χ3v) is 4.88. The first-order chi connectivity index (χ1) is 7.97. The van der Waals surface area contributed by atoms with Crippen LogP contribution >= 0.6 is 0 Å². The summed E-state index contributed by atoms with van der Waals surface area (Å²) < 4.78 is 24.4. The lowest BCUT2D eigenvalue weighted by Crippen LogP contribution is -2.19. The van der Waals surface area contributed by atoms with Gasteiger partial charge in [0.2, 0.25) is 0 Å². The molecule has 1 aromatic rings. The van der Waals surface area contributed by atoms with Gasteiger partial charge in [-0.1, -0.05) is 44.2 Å². The van der Waals surface area contributed by atoms with Gasteiger partial charge in [0.15, 0.2) is 9.84 Å². The lowest BCUT2D eigenvalue weighted by Gasteiger charge is -2.16. The van der Waals surface area contributed by atoms with Crippen LogP contribution in [0.5, 0.6) is 0 Å². The van der Waals surface area contributed by atoms with E-state index >= 15 is 0 Å². The number of hydrogen-bond donors (Lipinski definition) is 0. The van der Waals surface area contributed by atoms with E-state index in [1.54, 1.807) is 24.3 Å². The molecule has 0 N–H and O–H groups in total. The van der Waals surface area contributed by atoms with Crippen molar-refractivity contribution in [3.8, 4) is 6.07 Å². The van der Waals surface area contributed by atoms with Crippen molar-refractivity contribution >= 4 is 9.84 Å². The highest BCUT2D eigenvalue weighted by molar-refractivity contribution is 7.91. The van der Waals surface area contributed by atoms with Crippen molar-refractivity contribution in [2.75, 3.05) is 5.75 Å². The molecule has 3 nitrogen and oxygen atoms in total.